The fourth-order valence-electron chi connectivity index (χ4n) is 3.19. The molecule has 1 aliphatic heterocycles. The zero-order valence-electron chi connectivity index (χ0n) is 15.9. The van der Waals surface area contributed by atoms with Gasteiger partial charge in [-0.25, -0.2) is 0 Å². The Morgan fingerprint density at radius 2 is 1.76 bits per heavy atom. The van der Waals surface area contributed by atoms with Gasteiger partial charge in [0.25, 0.3) is 0 Å². The molecule has 4 nitrogen and oxygen atoms in total. The third-order valence-electron chi connectivity index (χ3n) is 4.96. The van der Waals surface area contributed by atoms with Crippen LogP contribution in [0, 0.1) is 11.3 Å². The van der Waals surface area contributed by atoms with Gasteiger partial charge < -0.3 is 10.2 Å². The van der Waals surface area contributed by atoms with Gasteiger partial charge in [-0.15, -0.1) is 0 Å². The number of aryl methyl sites for hydroxylation is 1. The second-order valence-corrected chi connectivity index (χ2v) is 8.10. The number of likely N-dealkylation sites (tertiary alicyclic amines) is 1. The molecule has 4 heteroatoms. The van der Waals surface area contributed by atoms with Crippen LogP contribution in [0.15, 0.2) is 30.3 Å². The molecule has 2 amide bonds. The number of benzene rings is 1. The maximum Gasteiger partial charge on any atom is 0.225 e. The van der Waals surface area contributed by atoms with E-state index >= 15 is 0 Å². The summed E-state index contributed by atoms with van der Waals surface area (Å²) >= 11 is 0. The highest BCUT2D eigenvalue weighted by Crippen LogP contribution is 2.22. The highest BCUT2D eigenvalue weighted by molar-refractivity contribution is 5.82. The molecule has 0 bridgehead atoms. The molecule has 0 aromatic heterocycles. The first-order valence-corrected chi connectivity index (χ1v) is 9.46. The van der Waals surface area contributed by atoms with E-state index in [1.165, 1.54) is 12.0 Å². The van der Waals surface area contributed by atoms with E-state index < -0.39 is 5.41 Å². The Bertz CT molecular complexity index is 555. The van der Waals surface area contributed by atoms with Crippen molar-refractivity contribution in [2.75, 3.05) is 19.6 Å². The van der Waals surface area contributed by atoms with E-state index in [1.807, 2.05) is 25.7 Å². The molecule has 0 radical (unpaired) electrons. The van der Waals surface area contributed by atoms with Crippen LogP contribution in [-0.2, 0) is 16.0 Å². The summed E-state index contributed by atoms with van der Waals surface area (Å²) in [5.74, 6) is 0.875. The normalized spacial score (nSPS) is 15.9. The highest BCUT2D eigenvalue weighted by Gasteiger charge is 2.24. The SMILES string of the molecule is CC(C)(C)C(=O)NCCC(=O)N1CCC(CCc2ccccc2)CC1. The smallest absolute Gasteiger partial charge is 0.225 e. The van der Waals surface area contributed by atoms with Gasteiger partial charge in [-0.2, -0.15) is 0 Å². The summed E-state index contributed by atoms with van der Waals surface area (Å²) < 4.78 is 0. The van der Waals surface area contributed by atoms with Crippen molar-refractivity contribution < 1.29 is 9.59 Å². The van der Waals surface area contributed by atoms with Crippen LogP contribution >= 0.6 is 0 Å². The molecule has 1 aromatic carbocycles. The minimum atomic E-state index is -0.403. The second kappa shape index (κ2) is 9.02. The van der Waals surface area contributed by atoms with Gasteiger partial charge >= 0.3 is 0 Å². The number of hydrogen-bond acceptors (Lipinski definition) is 2. The van der Waals surface area contributed by atoms with Gasteiger partial charge in [-0.1, -0.05) is 51.1 Å². The molecule has 0 unspecified atom stereocenters. The molecule has 1 saturated heterocycles. The maximum atomic E-state index is 12.3. The van der Waals surface area contributed by atoms with Gasteiger partial charge in [-0.05, 0) is 37.2 Å². The van der Waals surface area contributed by atoms with Gasteiger partial charge in [0.15, 0.2) is 0 Å². The summed E-state index contributed by atoms with van der Waals surface area (Å²) in [5, 5.41) is 2.85. The van der Waals surface area contributed by atoms with E-state index in [-0.39, 0.29) is 11.8 Å². The molecular weight excluding hydrogens is 312 g/mol. The molecule has 1 aromatic rings. The Hall–Kier alpha value is -1.84. The molecular formula is C21H32N2O2. The summed E-state index contributed by atoms with van der Waals surface area (Å²) in [5.41, 5.74) is 0.996. The van der Waals surface area contributed by atoms with Gasteiger partial charge in [0, 0.05) is 31.5 Å². The number of carbonyl (C=O) groups is 2. The lowest BCUT2D eigenvalue weighted by molar-refractivity contribution is -0.133. The lowest BCUT2D eigenvalue weighted by Gasteiger charge is -2.32. The predicted octanol–water partition coefficient (Wildman–Crippen LogP) is 3.41. The van der Waals surface area contributed by atoms with E-state index in [4.69, 9.17) is 0 Å². The number of rotatable bonds is 6. The molecule has 138 valence electrons. The first-order valence-electron chi connectivity index (χ1n) is 9.46. The van der Waals surface area contributed by atoms with E-state index in [0.717, 1.165) is 32.4 Å². The Morgan fingerprint density at radius 3 is 2.36 bits per heavy atom. The lowest BCUT2D eigenvalue weighted by Crippen LogP contribution is -2.41. The summed E-state index contributed by atoms with van der Waals surface area (Å²) in [4.78, 5) is 26.1. The second-order valence-electron chi connectivity index (χ2n) is 8.10. The van der Waals surface area contributed by atoms with Crippen molar-refractivity contribution in [1.29, 1.82) is 0 Å². The lowest BCUT2D eigenvalue weighted by atomic mass is 9.90. The minimum absolute atomic E-state index is 0.0000739. The van der Waals surface area contributed by atoms with Crippen molar-refractivity contribution in [3.8, 4) is 0 Å². The number of nitrogens with zero attached hydrogens (tertiary/aromatic N) is 1. The van der Waals surface area contributed by atoms with E-state index in [0.29, 0.717) is 18.9 Å². The number of hydrogen-bond donors (Lipinski definition) is 1. The molecule has 2 rings (SSSR count). The van der Waals surface area contributed by atoms with E-state index in [1.54, 1.807) is 0 Å². The van der Waals surface area contributed by atoms with Crippen molar-refractivity contribution in [1.82, 2.24) is 10.2 Å². The topological polar surface area (TPSA) is 49.4 Å². The van der Waals surface area contributed by atoms with Crippen LogP contribution in [0.25, 0.3) is 0 Å². The van der Waals surface area contributed by atoms with E-state index in [9.17, 15) is 9.59 Å². The Labute approximate surface area is 152 Å². The van der Waals surface area contributed by atoms with Crippen molar-refractivity contribution >= 4 is 11.8 Å². The minimum Gasteiger partial charge on any atom is -0.355 e. The van der Waals surface area contributed by atoms with Crippen LogP contribution < -0.4 is 5.32 Å². The van der Waals surface area contributed by atoms with Crippen LogP contribution in [-0.4, -0.2) is 36.3 Å². The summed E-state index contributed by atoms with van der Waals surface area (Å²) in [7, 11) is 0. The predicted molar refractivity (Wildman–Crippen MR) is 101 cm³/mol. The molecule has 1 fully saturated rings. The number of amides is 2. The van der Waals surface area contributed by atoms with Crippen molar-refractivity contribution in [3.63, 3.8) is 0 Å². The summed E-state index contributed by atoms with van der Waals surface area (Å²) in [6, 6.07) is 10.6. The fourth-order valence-corrected chi connectivity index (χ4v) is 3.19. The Morgan fingerprint density at radius 1 is 1.12 bits per heavy atom. The van der Waals surface area contributed by atoms with Crippen LogP contribution in [0.1, 0.15) is 52.0 Å². The number of piperidine rings is 1. The van der Waals surface area contributed by atoms with E-state index in [2.05, 4.69) is 35.6 Å². The molecule has 0 atom stereocenters. The summed E-state index contributed by atoms with van der Waals surface area (Å²) in [6.07, 6.45) is 4.91. The van der Waals surface area contributed by atoms with Crippen molar-refractivity contribution in [3.05, 3.63) is 35.9 Å². The van der Waals surface area contributed by atoms with Gasteiger partial charge in [0.2, 0.25) is 11.8 Å². The average molecular weight is 344 g/mol. The molecule has 25 heavy (non-hydrogen) atoms. The number of nitrogens with one attached hydrogen (secondary N) is 1. The highest BCUT2D eigenvalue weighted by atomic mass is 16.2. The van der Waals surface area contributed by atoms with Crippen molar-refractivity contribution in [2.24, 2.45) is 11.3 Å². The first kappa shape index (κ1) is 19.5. The zero-order valence-corrected chi connectivity index (χ0v) is 15.9. The maximum absolute atomic E-state index is 12.3. The Balaban J connectivity index is 1.64. The molecule has 1 N–H and O–H groups in total. The molecule has 0 spiro atoms. The van der Waals surface area contributed by atoms with Crippen LogP contribution in [0.4, 0.5) is 0 Å². The third-order valence-corrected chi connectivity index (χ3v) is 4.96. The van der Waals surface area contributed by atoms with Crippen molar-refractivity contribution in [2.45, 2.75) is 52.9 Å². The first-order chi connectivity index (χ1) is 11.9. The third kappa shape index (κ3) is 6.52. The summed E-state index contributed by atoms with van der Waals surface area (Å²) in [6.45, 7) is 7.78. The quantitative estimate of drug-likeness (QED) is 0.860. The van der Waals surface area contributed by atoms with Gasteiger partial charge in [-0.3, -0.25) is 9.59 Å². The van der Waals surface area contributed by atoms with Gasteiger partial charge in [0.05, 0.1) is 0 Å². The zero-order chi connectivity index (χ0) is 18.3. The monoisotopic (exact) mass is 344 g/mol. The standard InChI is InChI=1S/C21H32N2O2/c1-21(2,3)20(25)22-14-11-19(24)23-15-12-18(13-16-23)10-9-17-7-5-4-6-8-17/h4-8,18H,9-16H2,1-3H3,(H,22,25). The number of carbonyl (C=O) groups excluding carboxylic acids is 2. The Kier molecular flexibility index (Phi) is 7.03. The molecule has 0 aliphatic carbocycles. The van der Waals surface area contributed by atoms with Crippen LogP contribution in [0.3, 0.4) is 0 Å². The largest absolute Gasteiger partial charge is 0.355 e. The molecule has 0 saturated carbocycles. The van der Waals surface area contributed by atoms with Crippen LogP contribution in [0.5, 0.6) is 0 Å². The molecule has 1 heterocycles. The van der Waals surface area contributed by atoms with Crippen LogP contribution in [0.2, 0.25) is 0 Å². The average Bonchev–Trinajstić information content (AvgIpc) is 2.60. The van der Waals surface area contributed by atoms with Gasteiger partial charge in [0.1, 0.15) is 0 Å². The fraction of sp³-hybridized carbons (Fsp3) is 0.619. The molecule has 1 aliphatic rings.